The van der Waals surface area contributed by atoms with Crippen LogP contribution in [0.15, 0.2) is 40.5 Å². The van der Waals surface area contributed by atoms with Crippen LogP contribution in [0.2, 0.25) is 0 Å². The minimum absolute atomic E-state index is 0.214. The van der Waals surface area contributed by atoms with Crippen molar-refractivity contribution in [3.05, 3.63) is 58.3 Å². The van der Waals surface area contributed by atoms with E-state index in [9.17, 15) is 9.35 Å². The van der Waals surface area contributed by atoms with E-state index in [1.54, 1.807) is 41.7 Å². The van der Waals surface area contributed by atoms with E-state index in [4.69, 9.17) is 4.98 Å². The first-order valence-corrected chi connectivity index (χ1v) is 13.7. The standard InChI is InChI=1S/C25H26N8O2S/c1-14-20(21(16-5-6-16)30-13-29-14)22-28-11-19-24(32-22)33(12-15-3-4-15)25(34)23(31-19)27-9-17-7-8-18(10-26-17)36(2)35/h7-8,10-11,13,15-16H,3-6,9,12H2,1-2H3,(H,27,31). The third kappa shape index (κ3) is 4.56. The van der Waals surface area contributed by atoms with Gasteiger partial charge in [-0.2, -0.15) is 0 Å². The number of hydrogen-bond acceptors (Lipinski definition) is 9. The SMILES string of the molecule is Cc1ncnc(C2CC2)c1-c1ncc2nc(NCc3ccc([S+](C)[O-])cn3)c(=O)n(CC3CC3)c2n1. The molecule has 0 spiro atoms. The first kappa shape index (κ1) is 23.0. The number of aryl methyl sites for hydroxylation is 1. The molecule has 0 aliphatic heterocycles. The first-order chi connectivity index (χ1) is 17.5. The highest BCUT2D eigenvalue weighted by molar-refractivity contribution is 7.90. The summed E-state index contributed by atoms with van der Waals surface area (Å²) in [5.41, 5.74) is 4.26. The number of hydrogen-bond donors (Lipinski definition) is 1. The minimum atomic E-state index is -1.09. The molecule has 2 aliphatic rings. The van der Waals surface area contributed by atoms with Crippen LogP contribution < -0.4 is 10.9 Å². The summed E-state index contributed by atoms with van der Waals surface area (Å²) in [5, 5.41) is 3.13. The van der Waals surface area contributed by atoms with Crippen molar-refractivity contribution in [3.8, 4) is 11.4 Å². The Hall–Kier alpha value is -3.44. The number of pyridine rings is 1. The van der Waals surface area contributed by atoms with Crippen LogP contribution in [-0.4, -0.2) is 45.3 Å². The van der Waals surface area contributed by atoms with Gasteiger partial charge in [0.15, 0.2) is 22.2 Å². The molecule has 0 bridgehead atoms. The van der Waals surface area contributed by atoms with Gasteiger partial charge in [0.05, 0.1) is 41.6 Å². The largest absolute Gasteiger partial charge is 0.612 e. The van der Waals surface area contributed by atoms with Crippen molar-refractivity contribution < 1.29 is 4.55 Å². The van der Waals surface area contributed by atoms with E-state index in [1.807, 2.05) is 6.92 Å². The summed E-state index contributed by atoms with van der Waals surface area (Å²) in [5.74, 6) is 1.65. The average molecular weight is 503 g/mol. The highest BCUT2D eigenvalue weighted by Crippen LogP contribution is 2.43. The van der Waals surface area contributed by atoms with Crippen LogP contribution in [0, 0.1) is 12.8 Å². The van der Waals surface area contributed by atoms with Crippen molar-refractivity contribution in [1.82, 2.24) is 34.5 Å². The Balaban J connectivity index is 1.38. The molecule has 2 fully saturated rings. The molecule has 4 aromatic rings. The van der Waals surface area contributed by atoms with Gasteiger partial charge in [0.2, 0.25) is 0 Å². The van der Waals surface area contributed by atoms with Gasteiger partial charge in [-0.05, 0) is 61.8 Å². The van der Waals surface area contributed by atoms with Crippen LogP contribution in [0.3, 0.4) is 0 Å². The van der Waals surface area contributed by atoms with Crippen molar-refractivity contribution in [2.45, 2.75) is 56.5 Å². The Morgan fingerprint density at radius 2 is 1.92 bits per heavy atom. The lowest BCUT2D eigenvalue weighted by Gasteiger charge is -2.14. The Kier molecular flexibility index (Phi) is 5.88. The van der Waals surface area contributed by atoms with Crippen molar-refractivity contribution >= 4 is 28.2 Å². The molecule has 1 atom stereocenters. The van der Waals surface area contributed by atoms with Crippen molar-refractivity contribution in [2.24, 2.45) is 5.92 Å². The second kappa shape index (κ2) is 9.21. The van der Waals surface area contributed by atoms with E-state index in [2.05, 4.69) is 30.2 Å². The van der Waals surface area contributed by atoms with Gasteiger partial charge in [0, 0.05) is 12.5 Å². The number of fused-ring (bicyclic) bond motifs is 1. The molecule has 4 aromatic heterocycles. The van der Waals surface area contributed by atoms with E-state index in [0.717, 1.165) is 48.3 Å². The zero-order chi connectivity index (χ0) is 24.8. The Bertz CT molecular complexity index is 1500. The Morgan fingerprint density at radius 1 is 1.08 bits per heavy atom. The van der Waals surface area contributed by atoms with Gasteiger partial charge in [-0.15, -0.1) is 0 Å². The predicted molar refractivity (Wildman–Crippen MR) is 136 cm³/mol. The number of rotatable bonds is 8. The topological polar surface area (TPSA) is 134 Å². The van der Waals surface area contributed by atoms with Gasteiger partial charge in [-0.3, -0.25) is 14.3 Å². The molecule has 1 unspecified atom stereocenters. The summed E-state index contributed by atoms with van der Waals surface area (Å²) in [7, 11) is 0. The molecule has 11 heteroatoms. The van der Waals surface area contributed by atoms with Crippen LogP contribution in [0.4, 0.5) is 5.82 Å². The van der Waals surface area contributed by atoms with E-state index in [0.29, 0.717) is 46.8 Å². The lowest BCUT2D eigenvalue weighted by atomic mass is 10.1. The van der Waals surface area contributed by atoms with Crippen LogP contribution in [0.25, 0.3) is 22.6 Å². The van der Waals surface area contributed by atoms with Crippen LogP contribution in [0.5, 0.6) is 0 Å². The molecule has 4 heterocycles. The lowest BCUT2D eigenvalue weighted by Crippen LogP contribution is -2.27. The second-order valence-corrected chi connectivity index (χ2v) is 10.9. The fourth-order valence-electron chi connectivity index (χ4n) is 4.29. The van der Waals surface area contributed by atoms with E-state index >= 15 is 0 Å². The van der Waals surface area contributed by atoms with Gasteiger partial charge < -0.3 is 9.87 Å². The third-order valence-electron chi connectivity index (χ3n) is 6.64. The molecule has 2 aliphatic carbocycles. The predicted octanol–water partition coefficient (Wildman–Crippen LogP) is 2.98. The molecule has 0 saturated heterocycles. The molecule has 10 nitrogen and oxygen atoms in total. The van der Waals surface area contributed by atoms with Gasteiger partial charge in [0.25, 0.3) is 5.56 Å². The molecule has 1 N–H and O–H groups in total. The van der Waals surface area contributed by atoms with Gasteiger partial charge in [-0.1, -0.05) is 0 Å². The number of anilines is 1. The smallest absolute Gasteiger partial charge is 0.294 e. The molecule has 6 rings (SSSR count). The highest BCUT2D eigenvalue weighted by Gasteiger charge is 2.30. The van der Waals surface area contributed by atoms with Crippen molar-refractivity contribution in [3.63, 3.8) is 0 Å². The summed E-state index contributed by atoms with van der Waals surface area (Å²) in [6.07, 6.45) is 10.9. The van der Waals surface area contributed by atoms with Crippen LogP contribution in [-0.2, 0) is 24.3 Å². The maximum atomic E-state index is 13.5. The van der Waals surface area contributed by atoms with Gasteiger partial charge in [0.1, 0.15) is 18.1 Å². The van der Waals surface area contributed by atoms with E-state index < -0.39 is 11.2 Å². The maximum Gasteiger partial charge on any atom is 0.294 e. The number of aromatic nitrogens is 7. The van der Waals surface area contributed by atoms with E-state index in [1.165, 1.54) is 0 Å². The second-order valence-electron chi connectivity index (χ2n) is 9.51. The summed E-state index contributed by atoms with van der Waals surface area (Å²) in [4.78, 5) is 41.5. The summed E-state index contributed by atoms with van der Waals surface area (Å²) in [6, 6.07) is 3.57. The molecular weight excluding hydrogens is 476 g/mol. The first-order valence-electron chi connectivity index (χ1n) is 12.1. The van der Waals surface area contributed by atoms with Crippen molar-refractivity contribution in [2.75, 3.05) is 11.6 Å². The molecule has 184 valence electrons. The van der Waals surface area contributed by atoms with E-state index in [-0.39, 0.29) is 11.4 Å². The third-order valence-corrected chi connectivity index (χ3v) is 7.55. The zero-order valence-electron chi connectivity index (χ0n) is 20.1. The molecule has 0 amide bonds. The van der Waals surface area contributed by atoms with Gasteiger partial charge in [-0.25, -0.2) is 24.9 Å². The fourth-order valence-corrected chi connectivity index (χ4v) is 4.76. The summed E-state index contributed by atoms with van der Waals surface area (Å²) < 4.78 is 13.3. The van der Waals surface area contributed by atoms with Crippen LogP contribution in [0.1, 0.15) is 48.7 Å². The molecule has 36 heavy (non-hydrogen) atoms. The average Bonchev–Trinajstić information content (AvgIpc) is 3.80. The Labute approximate surface area is 210 Å². The fraction of sp³-hybridized carbons (Fsp3) is 0.400. The molecular formula is C25H26N8O2S. The lowest BCUT2D eigenvalue weighted by molar-refractivity contribution is 0.600. The number of nitrogens with zero attached hydrogens (tertiary/aromatic N) is 7. The van der Waals surface area contributed by atoms with Crippen LogP contribution >= 0.6 is 0 Å². The quantitative estimate of drug-likeness (QED) is 0.361. The summed E-state index contributed by atoms with van der Waals surface area (Å²) >= 11 is -1.09. The number of nitrogens with one attached hydrogen (secondary N) is 1. The Morgan fingerprint density at radius 3 is 2.61 bits per heavy atom. The molecule has 0 radical (unpaired) electrons. The monoisotopic (exact) mass is 502 g/mol. The van der Waals surface area contributed by atoms with Gasteiger partial charge >= 0.3 is 0 Å². The van der Waals surface area contributed by atoms with Crippen molar-refractivity contribution in [1.29, 1.82) is 0 Å². The molecule has 0 aromatic carbocycles. The zero-order valence-corrected chi connectivity index (χ0v) is 21.0. The highest BCUT2D eigenvalue weighted by atomic mass is 32.2. The minimum Gasteiger partial charge on any atom is -0.612 e. The molecule has 2 saturated carbocycles. The maximum absolute atomic E-state index is 13.5. The normalized spacial score (nSPS) is 16.3. The summed E-state index contributed by atoms with van der Waals surface area (Å²) in [6.45, 7) is 2.85.